The maximum absolute atomic E-state index is 4.34. The molecule has 0 saturated heterocycles. The summed E-state index contributed by atoms with van der Waals surface area (Å²) >= 11 is 0. The molecule has 0 fully saturated rings. The largest absolute Gasteiger partial charge is 0.313 e. The molecule has 0 bridgehead atoms. The topological polar surface area (TPSA) is 35.6 Å². The van der Waals surface area contributed by atoms with Crippen LogP contribution in [-0.2, 0) is 5.66 Å². The molecule has 1 radical (unpaired) electrons. The molecule has 0 saturated carbocycles. The number of hydrogen-bond acceptors (Lipinski definition) is 2. The van der Waals surface area contributed by atoms with E-state index in [-0.39, 0.29) is 5.66 Å². The van der Waals surface area contributed by atoms with Crippen molar-refractivity contribution in [2.45, 2.75) is 31.8 Å². The minimum Gasteiger partial charge on any atom is -0.313 e. The number of rotatable bonds is 5. The summed E-state index contributed by atoms with van der Waals surface area (Å²) in [6, 6.07) is 0. The first kappa shape index (κ1) is 10.9. The van der Waals surface area contributed by atoms with Gasteiger partial charge in [0, 0.05) is 24.8 Å². The van der Waals surface area contributed by atoms with Gasteiger partial charge >= 0.3 is 0 Å². The summed E-state index contributed by atoms with van der Waals surface area (Å²) in [5.74, 6) is 0. The van der Waals surface area contributed by atoms with Crippen LogP contribution in [0, 0.1) is 6.92 Å². The minimum absolute atomic E-state index is 0.344. The third-order valence-corrected chi connectivity index (χ3v) is 2.90. The lowest BCUT2D eigenvalue weighted by molar-refractivity contribution is 0.269. The van der Waals surface area contributed by atoms with Gasteiger partial charge in [0.1, 0.15) is 5.66 Å². The van der Waals surface area contributed by atoms with Gasteiger partial charge in [-0.3, -0.25) is 0 Å². The maximum Gasteiger partial charge on any atom is 0.123 e. The van der Waals surface area contributed by atoms with E-state index >= 15 is 0 Å². The number of unbranched alkanes of at least 4 members (excludes halogenated alkanes) is 1. The molecule has 0 atom stereocenters. The average Bonchev–Trinajstić information content (AvgIpc) is 2.96. The van der Waals surface area contributed by atoms with Gasteiger partial charge in [-0.2, -0.15) is 0 Å². The van der Waals surface area contributed by atoms with E-state index in [0.717, 1.165) is 19.3 Å². The molecule has 0 spiro atoms. The lowest BCUT2D eigenvalue weighted by Crippen LogP contribution is -2.36. The van der Waals surface area contributed by atoms with E-state index in [4.69, 9.17) is 0 Å². The zero-order chi connectivity index (χ0) is 11.4. The van der Waals surface area contributed by atoms with Gasteiger partial charge in [-0.15, -0.1) is 0 Å². The third-order valence-electron chi connectivity index (χ3n) is 2.90. The predicted octanol–water partition coefficient (Wildman–Crippen LogP) is 2.30. The highest BCUT2D eigenvalue weighted by Gasteiger charge is 2.26. The Morgan fingerprint density at radius 2 is 1.69 bits per heavy atom. The molecular weight excluding hydrogens is 200 g/mol. The Balaban J connectivity index is 2.33. The Hall–Kier alpha value is -1.58. The highest BCUT2D eigenvalue weighted by atomic mass is 15.3. The summed E-state index contributed by atoms with van der Waals surface area (Å²) in [7, 11) is 0. The number of imidazole rings is 2. The quantitative estimate of drug-likeness (QED) is 0.770. The van der Waals surface area contributed by atoms with E-state index in [1.54, 1.807) is 12.4 Å². The van der Waals surface area contributed by atoms with Crippen LogP contribution in [0.15, 0.2) is 37.4 Å². The van der Waals surface area contributed by atoms with E-state index in [1.165, 1.54) is 0 Å². The van der Waals surface area contributed by atoms with Gasteiger partial charge < -0.3 is 9.13 Å². The molecular formula is C12H17N4. The van der Waals surface area contributed by atoms with Gasteiger partial charge in [0.05, 0.1) is 12.7 Å². The molecule has 4 nitrogen and oxygen atoms in total. The number of nitrogens with zero attached hydrogens (tertiary/aromatic N) is 4. The SMILES string of the molecule is [CH2]C(CCCC)(n1ccnc1)n1ccnc1. The Morgan fingerprint density at radius 1 is 1.12 bits per heavy atom. The van der Waals surface area contributed by atoms with Crippen LogP contribution in [0.1, 0.15) is 26.2 Å². The van der Waals surface area contributed by atoms with Crippen LogP contribution in [0.2, 0.25) is 0 Å². The van der Waals surface area contributed by atoms with E-state index in [2.05, 4.69) is 23.8 Å². The van der Waals surface area contributed by atoms with Crippen molar-refractivity contribution in [2.75, 3.05) is 0 Å². The van der Waals surface area contributed by atoms with Crippen molar-refractivity contribution in [1.82, 2.24) is 19.1 Å². The summed E-state index contributed by atoms with van der Waals surface area (Å²) in [6.45, 7) is 6.52. The fourth-order valence-electron chi connectivity index (χ4n) is 1.86. The highest BCUT2D eigenvalue weighted by Crippen LogP contribution is 2.24. The van der Waals surface area contributed by atoms with Gasteiger partial charge in [-0.05, 0) is 19.8 Å². The molecule has 16 heavy (non-hydrogen) atoms. The second kappa shape index (κ2) is 4.51. The van der Waals surface area contributed by atoms with Crippen molar-refractivity contribution < 1.29 is 0 Å². The van der Waals surface area contributed by atoms with Gasteiger partial charge in [0.15, 0.2) is 0 Å². The van der Waals surface area contributed by atoms with Gasteiger partial charge in [-0.25, -0.2) is 9.97 Å². The summed E-state index contributed by atoms with van der Waals surface area (Å²) in [4.78, 5) is 8.19. The van der Waals surface area contributed by atoms with Crippen LogP contribution < -0.4 is 0 Å². The molecule has 0 aliphatic rings. The first-order valence-corrected chi connectivity index (χ1v) is 5.59. The number of aromatic nitrogens is 4. The van der Waals surface area contributed by atoms with Crippen LogP contribution in [0.25, 0.3) is 0 Å². The third kappa shape index (κ3) is 1.87. The Morgan fingerprint density at radius 3 is 2.06 bits per heavy atom. The second-order valence-corrected chi connectivity index (χ2v) is 4.03. The molecule has 0 aliphatic heterocycles. The Bertz CT molecular complexity index is 368. The van der Waals surface area contributed by atoms with Crippen molar-refractivity contribution in [3.63, 3.8) is 0 Å². The van der Waals surface area contributed by atoms with Gasteiger partial charge in [0.25, 0.3) is 0 Å². The Labute approximate surface area is 96.0 Å². The van der Waals surface area contributed by atoms with E-state index in [9.17, 15) is 0 Å². The summed E-state index contributed by atoms with van der Waals surface area (Å²) in [5, 5.41) is 0. The zero-order valence-corrected chi connectivity index (χ0v) is 9.58. The summed E-state index contributed by atoms with van der Waals surface area (Å²) < 4.78 is 4.06. The molecule has 0 aliphatic carbocycles. The van der Waals surface area contributed by atoms with Crippen LogP contribution in [-0.4, -0.2) is 19.1 Å². The van der Waals surface area contributed by atoms with Crippen LogP contribution >= 0.6 is 0 Å². The molecule has 4 heteroatoms. The van der Waals surface area contributed by atoms with E-state index in [0.29, 0.717) is 0 Å². The lowest BCUT2D eigenvalue weighted by atomic mass is 10.0. The van der Waals surface area contributed by atoms with Crippen molar-refractivity contribution in [3.05, 3.63) is 44.4 Å². The van der Waals surface area contributed by atoms with Gasteiger partial charge in [0.2, 0.25) is 0 Å². The summed E-state index contributed by atoms with van der Waals surface area (Å²) in [5.41, 5.74) is -0.344. The molecule has 0 N–H and O–H groups in total. The average molecular weight is 217 g/mol. The van der Waals surface area contributed by atoms with Crippen molar-refractivity contribution >= 4 is 0 Å². The molecule has 2 aromatic heterocycles. The molecule has 2 heterocycles. The Kier molecular flexibility index (Phi) is 3.08. The maximum atomic E-state index is 4.34. The van der Waals surface area contributed by atoms with E-state index < -0.39 is 0 Å². The van der Waals surface area contributed by atoms with Crippen molar-refractivity contribution in [1.29, 1.82) is 0 Å². The molecule has 85 valence electrons. The molecule has 2 rings (SSSR count). The van der Waals surface area contributed by atoms with Crippen molar-refractivity contribution in [2.24, 2.45) is 0 Å². The predicted molar refractivity (Wildman–Crippen MR) is 62.7 cm³/mol. The van der Waals surface area contributed by atoms with Gasteiger partial charge in [-0.1, -0.05) is 13.3 Å². The second-order valence-electron chi connectivity index (χ2n) is 4.03. The fourth-order valence-corrected chi connectivity index (χ4v) is 1.86. The molecule has 0 amide bonds. The van der Waals surface area contributed by atoms with Crippen molar-refractivity contribution in [3.8, 4) is 0 Å². The fraction of sp³-hybridized carbons (Fsp3) is 0.417. The molecule has 2 aromatic rings. The molecule has 0 unspecified atom stereocenters. The first-order valence-electron chi connectivity index (χ1n) is 5.59. The number of hydrogen-bond donors (Lipinski definition) is 0. The van der Waals surface area contributed by atoms with Crippen LogP contribution in [0.4, 0.5) is 0 Å². The zero-order valence-electron chi connectivity index (χ0n) is 9.58. The van der Waals surface area contributed by atoms with Crippen LogP contribution in [0.3, 0.4) is 0 Å². The smallest absolute Gasteiger partial charge is 0.123 e. The van der Waals surface area contributed by atoms with Crippen LogP contribution in [0.5, 0.6) is 0 Å². The first-order chi connectivity index (χ1) is 7.77. The monoisotopic (exact) mass is 217 g/mol. The molecule has 0 aromatic carbocycles. The normalized spacial score (nSPS) is 11.9. The lowest BCUT2D eigenvalue weighted by Gasteiger charge is -2.32. The summed E-state index contributed by atoms with van der Waals surface area (Å²) in [6.07, 6.45) is 14.3. The standard InChI is InChI=1S/C12H17N4/c1-3-4-5-12(2,15-8-6-13-10-15)16-9-7-14-11-16/h6-11H,2-5H2,1H3. The minimum atomic E-state index is -0.344. The highest BCUT2D eigenvalue weighted by molar-refractivity contribution is 4.98. The van der Waals surface area contributed by atoms with E-state index in [1.807, 2.05) is 34.2 Å².